The first-order chi connectivity index (χ1) is 6.84. The fourth-order valence-corrected chi connectivity index (χ4v) is 1.74. The van der Waals surface area contributed by atoms with E-state index < -0.39 is 0 Å². The number of halogens is 1. The highest BCUT2D eigenvalue weighted by Gasteiger charge is 2.00. The Morgan fingerprint density at radius 1 is 1.43 bits per heavy atom. The molecule has 0 atom stereocenters. The van der Waals surface area contributed by atoms with Crippen LogP contribution in [0.3, 0.4) is 0 Å². The van der Waals surface area contributed by atoms with Crippen LogP contribution < -0.4 is 0 Å². The van der Waals surface area contributed by atoms with Crippen molar-refractivity contribution in [1.29, 1.82) is 0 Å². The van der Waals surface area contributed by atoms with Crippen LogP contribution in [0.5, 0.6) is 0 Å². The van der Waals surface area contributed by atoms with Crippen LogP contribution in [0.1, 0.15) is 5.82 Å². The number of thioether (sulfide) groups is 1. The van der Waals surface area contributed by atoms with Gasteiger partial charge in [0.15, 0.2) is 5.82 Å². The minimum absolute atomic E-state index is 0.233. The number of aromatic nitrogens is 4. The van der Waals surface area contributed by atoms with Crippen LogP contribution in [-0.2, 0) is 5.75 Å². The average Bonchev–Trinajstić information content (AvgIpc) is 2.67. The molecule has 0 amide bonds. The maximum absolute atomic E-state index is 12.8. The van der Waals surface area contributed by atoms with E-state index in [2.05, 4.69) is 20.6 Å². The summed E-state index contributed by atoms with van der Waals surface area (Å²) in [7, 11) is 0. The normalized spacial score (nSPS) is 10.4. The predicted octanol–water partition coefficient (Wildman–Crippen LogP) is 1.63. The van der Waals surface area contributed by atoms with Gasteiger partial charge in [0, 0.05) is 4.90 Å². The lowest BCUT2D eigenvalue weighted by Gasteiger charge is -1.97. The van der Waals surface area contributed by atoms with Gasteiger partial charge in [-0.2, -0.15) is 5.21 Å². The summed E-state index contributed by atoms with van der Waals surface area (Å²) in [4.78, 5) is 0.856. The van der Waals surface area contributed by atoms with E-state index >= 15 is 0 Å². The summed E-state index contributed by atoms with van der Waals surface area (Å²) in [6.07, 6.45) is 0. The number of nitrogens with one attached hydrogen (secondary N) is 1. The van der Waals surface area contributed by atoms with Crippen LogP contribution in [0.2, 0.25) is 0 Å². The van der Waals surface area contributed by atoms with Crippen LogP contribution in [0, 0.1) is 5.82 Å². The number of H-pyrrole nitrogens is 1. The maximum Gasteiger partial charge on any atom is 0.184 e. The van der Waals surface area contributed by atoms with Crippen molar-refractivity contribution in [2.45, 2.75) is 10.6 Å². The van der Waals surface area contributed by atoms with Gasteiger partial charge in [0.05, 0.1) is 5.75 Å². The lowest BCUT2D eigenvalue weighted by atomic mass is 10.4. The van der Waals surface area contributed by atoms with Crippen molar-refractivity contribution in [3.05, 3.63) is 35.9 Å². The minimum Gasteiger partial charge on any atom is -0.207 e. The zero-order valence-electron chi connectivity index (χ0n) is 7.14. The molecule has 2 rings (SSSR count). The highest BCUT2D eigenvalue weighted by Crippen LogP contribution is 2.21. The van der Waals surface area contributed by atoms with Crippen LogP contribution >= 0.6 is 11.8 Å². The second-order valence-corrected chi connectivity index (χ2v) is 3.62. The smallest absolute Gasteiger partial charge is 0.184 e. The second-order valence-electron chi connectivity index (χ2n) is 2.57. The molecule has 0 radical (unpaired) electrons. The monoisotopic (exact) mass is 210 g/mol. The standard InChI is InChI=1S/C8H7FN4S/c9-6-2-1-3-7(4-6)14-5-8-10-12-13-11-8/h1-4H,5H2,(H,10,11,12,13). The average molecular weight is 210 g/mol. The Kier molecular flexibility index (Phi) is 2.73. The molecule has 1 heterocycles. The highest BCUT2D eigenvalue weighted by atomic mass is 32.2. The predicted molar refractivity (Wildman–Crippen MR) is 50.1 cm³/mol. The molecule has 2 aromatic rings. The van der Waals surface area contributed by atoms with Crippen LogP contribution in [0.25, 0.3) is 0 Å². The molecule has 0 aliphatic rings. The van der Waals surface area contributed by atoms with Gasteiger partial charge < -0.3 is 0 Å². The van der Waals surface area contributed by atoms with Crippen molar-refractivity contribution in [1.82, 2.24) is 20.6 Å². The maximum atomic E-state index is 12.8. The Morgan fingerprint density at radius 2 is 2.36 bits per heavy atom. The quantitative estimate of drug-likeness (QED) is 0.782. The molecular formula is C8H7FN4S. The summed E-state index contributed by atoms with van der Waals surface area (Å²) in [5.41, 5.74) is 0. The Balaban J connectivity index is 1.98. The molecule has 0 bridgehead atoms. The van der Waals surface area contributed by atoms with E-state index in [4.69, 9.17) is 0 Å². The van der Waals surface area contributed by atoms with E-state index in [1.165, 1.54) is 23.9 Å². The Labute approximate surface area is 83.9 Å². The van der Waals surface area contributed by atoms with Crippen molar-refractivity contribution < 1.29 is 4.39 Å². The van der Waals surface area contributed by atoms with Gasteiger partial charge in [-0.1, -0.05) is 11.3 Å². The number of hydrogen-bond acceptors (Lipinski definition) is 4. The largest absolute Gasteiger partial charge is 0.207 e. The van der Waals surface area contributed by atoms with E-state index in [-0.39, 0.29) is 5.82 Å². The van der Waals surface area contributed by atoms with E-state index in [1.807, 2.05) is 6.07 Å². The van der Waals surface area contributed by atoms with E-state index in [9.17, 15) is 4.39 Å². The molecule has 0 saturated carbocycles. The molecule has 0 unspecified atom stereocenters. The molecule has 0 aliphatic carbocycles. The Bertz CT molecular complexity index is 403. The van der Waals surface area contributed by atoms with E-state index in [1.54, 1.807) is 6.07 Å². The summed E-state index contributed by atoms with van der Waals surface area (Å²) in [6, 6.07) is 6.41. The first-order valence-electron chi connectivity index (χ1n) is 3.95. The summed E-state index contributed by atoms with van der Waals surface area (Å²) in [5, 5.41) is 13.4. The molecule has 6 heteroatoms. The zero-order chi connectivity index (χ0) is 9.80. The highest BCUT2D eigenvalue weighted by molar-refractivity contribution is 7.98. The van der Waals surface area contributed by atoms with Crippen molar-refractivity contribution >= 4 is 11.8 Å². The van der Waals surface area contributed by atoms with Gasteiger partial charge in [0.1, 0.15) is 5.82 Å². The van der Waals surface area contributed by atoms with Gasteiger partial charge in [0.2, 0.25) is 0 Å². The molecule has 1 aromatic heterocycles. The number of rotatable bonds is 3. The molecule has 1 N–H and O–H groups in total. The molecule has 0 fully saturated rings. The van der Waals surface area contributed by atoms with Crippen LogP contribution in [0.4, 0.5) is 4.39 Å². The third-order valence-corrected chi connectivity index (χ3v) is 2.54. The Hall–Kier alpha value is -1.43. The van der Waals surface area contributed by atoms with Gasteiger partial charge >= 0.3 is 0 Å². The third kappa shape index (κ3) is 2.29. The van der Waals surface area contributed by atoms with Crippen molar-refractivity contribution in [2.75, 3.05) is 0 Å². The SMILES string of the molecule is Fc1cccc(SCc2nn[nH]n2)c1. The van der Waals surface area contributed by atoms with Crippen LogP contribution in [0.15, 0.2) is 29.2 Å². The van der Waals surface area contributed by atoms with Crippen molar-refractivity contribution in [3.8, 4) is 0 Å². The number of benzene rings is 1. The lowest BCUT2D eigenvalue weighted by molar-refractivity contribution is 0.624. The molecule has 72 valence electrons. The van der Waals surface area contributed by atoms with Gasteiger partial charge in [0.25, 0.3) is 0 Å². The molecule has 0 aliphatic heterocycles. The lowest BCUT2D eigenvalue weighted by Crippen LogP contribution is -1.84. The minimum atomic E-state index is -0.233. The topological polar surface area (TPSA) is 54.5 Å². The van der Waals surface area contributed by atoms with Crippen molar-refractivity contribution in [3.63, 3.8) is 0 Å². The van der Waals surface area contributed by atoms with Crippen molar-refractivity contribution in [2.24, 2.45) is 0 Å². The summed E-state index contributed by atoms with van der Waals surface area (Å²) >= 11 is 1.47. The Morgan fingerprint density at radius 3 is 3.07 bits per heavy atom. The first-order valence-corrected chi connectivity index (χ1v) is 4.94. The molecule has 0 spiro atoms. The molecule has 1 aromatic carbocycles. The molecule has 0 saturated heterocycles. The summed E-state index contributed by atoms with van der Waals surface area (Å²) in [5.74, 6) is 0.960. The summed E-state index contributed by atoms with van der Waals surface area (Å²) < 4.78 is 12.8. The fourth-order valence-electron chi connectivity index (χ4n) is 0.948. The fraction of sp³-hybridized carbons (Fsp3) is 0.125. The van der Waals surface area contributed by atoms with E-state index in [0.717, 1.165) is 4.90 Å². The number of tetrazole rings is 1. The number of nitrogens with zero attached hydrogens (tertiary/aromatic N) is 3. The van der Waals surface area contributed by atoms with E-state index in [0.29, 0.717) is 11.6 Å². The summed E-state index contributed by atoms with van der Waals surface area (Å²) in [6.45, 7) is 0. The first kappa shape index (κ1) is 9.14. The van der Waals surface area contributed by atoms with Crippen LogP contribution in [-0.4, -0.2) is 20.6 Å². The second kappa shape index (κ2) is 4.19. The van der Waals surface area contributed by atoms with Gasteiger partial charge in [-0.25, -0.2) is 4.39 Å². The number of aromatic amines is 1. The molecule has 14 heavy (non-hydrogen) atoms. The molecular weight excluding hydrogens is 203 g/mol. The zero-order valence-corrected chi connectivity index (χ0v) is 7.96. The van der Waals surface area contributed by atoms with Gasteiger partial charge in [-0.05, 0) is 18.2 Å². The van der Waals surface area contributed by atoms with Gasteiger partial charge in [-0.15, -0.1) is 22.0 Å². The van der Waals surface area contributed by atoms with Gasteiger partial charge in [-0.3, -0.25) is 0 Å². The number of hydrogen-bond donors (Lipinski definition) is 1. The molecule has 4 nitrogen and oxygen atoms in total. The third-order valence-electron chi connectivity index (χ3n) is 1.55.